The molecule has 1 aliphatic rings. The Labute approximate surface area is 122 Å². The fourth-order valence-electron chi connectivity index (χ4n) is 2.38. The lowest BCUT2D eigenvalue weighted by Crippen LogP contribution is -2.46. The average Bonchev–Trinajstić information content (AvgIpc) is 2.36. The molecular formula is C16H29FO3. The summed E-state index contributed by atoms with van der Waals surface area (Å²) in [6, 6.07) is 0. The Morgan fingerprint density at radius 3 is 2.10 bits per heavy atom. The van der Waals surface area contributed by atoms with Crippen LogP contribution in [0.15, 0.2) is 12.2 Å². The van der Waals surface area contributed by atoms with Gasteiger partial charge in [0, 0.05) is 11.8 Å². The summed E-state index contributed by atoms with van der Waals surface area (Å²) in [4.78, 5) is 0. The van der Waals surface area contributed by atoms with Crippen LogP contribution in [-0.2, 0) is 9.47 Å². The zero-order valence-electron chi connectivity index (χ0n) is 13.8. The minimum atomic E-state index is -2.41. The number of hydrogen-bond donors (Lipinski definition) is 1. The second-order valence-corrected chi connectivity index (χ2v) is 7.70. The fourth-order valence-corrected chi connectivity index (χ4v) is 2.38. The van der Waals surface area contributed by atoms with Crippen LogP contribution in [0, 0.1) is 11.8 Å². The number of alkyl halides is 1. The Bertz CT molecular complexity index is 363. The second-order valence-electron chi connectivity index (χ2n) is 7.70. The molecular weight excluding hydrogens is 259 g/mol. The number of aliphatic hydroxyl groups is 1. The van der Waals surface area contributed by atoms with E-state index in [4.69, 9.17) is 9.47 Å². The van der Waals surface area contributed by atoms with E-state index in [0.29, 0.717) is 12.2 Å². The molecule has 1 N–H and O–H groups in total. The Kier molecular flexibility index (Phi) is 4.75. The van der Waals surface area contributed by atoms with Gasteiger partial charge in [-0.05, 0) is 41.5 Å². The van der Waals surface area contributed by atoms with E-state index in [1.165, 1.54) is 0 Å². The summed E-state index contributed by atoms with van der Waals surface area (Å²) in [7, 11) is 0. The third-order valence-corrected chi connectivity index (χ3v) is 3.58. The maximum atomic E-state index is 14.6. The van der Waals surface area contributed by atoms with Crippen molar-refractivity contribution in [2.75, 3.05) is 6.61 Å². The highest BCUT2D eigenvalue weighted by Crippen LogP contribution is 2.47. The van der Waals surface area contributed by atoms with Crippen molar-refractivity contribution in [3.8, 4) is 0 Å². The molecule has 1 aliphatic carbocycles. The molecule has 0 heterocycles. The van der Waals surface area contributed by atoms with E-state index >= 15 is 0 Å². The number of ether oxygens (including phenoxy) is 2. The Hall–Kier alpha value is -0.450. The van der Waals surface area contributed by atoms with Gasteiger partial charge < -0.3 is 14.6 Å². The molecule has 0 radical (unpaired) electrons. The third kappa shape index (κ3) is 4.03. The highest BCUT2D eigenvalue weighted by molar-refractivity contribution is 5.21. The first-order valence-electron chi connectivity index (χ1n) is 7.17. The first-order chi connectivity index (χ1) is 8.76. The van der Waals surface area contributed by atoms with E-state index in [9.17, 15) is 9.50 Å². The van der Waals surface area contributed by atoms with Crippen molar-refractivity contribution in [1.82, 2.24) is 0 Å². The minimum Gasteiger partial charge on any atom is -0.375 e. The summed E-state index contributed by atoms with van der Waals surface area (Å²) in [5.41, 5.74) is -0.226. The molecule has 0 bridgehead atoms. The lowest BCUT2D eigenvalue weighted by molar-refractivity contribution is -0.231. The summed E-state index contributed by atoms with van der Waals surface area (Å²) in [6.07, 6.45) is -0.952. The van der Waals surface area contributed by atoms with E-state index < -0.39 is 23.5 Å². The van der Waals surface area contributed by atoms with Gasteiger partial charge in [0.1, 0.15) is 6.10 Å². The van der Waals surface area contributed by atoms with Crippen molar-refractivity contribution < 1.29 is 19.0 Å². The van der Waals surface area contributed by atoms with Gasteiger partial charge in [0.2, 0.25) is 5.85 Å². The largest absolute Gasteiger partial charge is 0.375 e. The average molecular weight is 288 g/mol. The highest BCUT2D eigenvalue weighted by atomic mass is 19.2. The van der Waals surface area contributed by atoms with E-state index in [2.05, 4.69) is 6.58 Å². The zero-order valence-corrected chi connectivity index (χ0v) is 13.8. The highest BCUT2D eigenvalue weighted by Gasteiger charge is 2.57. The molecule has 1 fully saturated rings. The van der Waals surface area contributed by atoms with Crippen molar-refractivity contribution in [3.05, 3.63) is 12.2 Å². The first-order valence-corrected chi connectivity index (χ1v) is 7.17. The van der Waals surface area contributed by atoms with Gasteiger partial charge in [-0.1, -0.05) is 19.1 Å². The molecule has 0 saturated heterocycles. The van der Waals surface area contributed by atoms with Crippen molar-refractivity contribution in [1.29, 1.82) is 0 Å². The maximum Gasteiger partial charge on any atom is 0.240 e. The third-order valence-electron chi connectivity index (χ3n) is 3.58. The monoisotopic (exact) mass is 288 g/mol. The van der Waals surface area contributed by atoms with Gasteiger partial charge in [-0.15, -0.1) is 0 Å². The quantitative estimate of drug-likeness (QED) is 0.808. The molecule has 0 spiro atoms. The van der Waals surface area contributed by atoms with Crippen molar-refractivity contribution in [2.24, 2.45) is 11.8 Å². The van der Waals surface area contributed by atoms with Crippen LogP contribution in [0.1, 0.15) is 48.5 Å². The lowest BCUT2D eigenvalue weighted by atomic mass is 9.99. The van der Waals surface area contributed by atoms with Gasteiger partial charge in [0.05, 0.1) is 17.8 Å². The molecule has 0 aromatic heterocycles. The first kappa shape index (κ1) is 17.6. The molecule has 4 atom stereocenters. The van der Waals surface area contributed by atoms with Crippen molar-refractivity contribution in [3.63, 3.8) is 0 Å². The van der Waals surface area contributed by atoms with Crippen LogP contribution in [0.5, 0.6) is 0 Å². The lowest BCUT2D eigenvalue weighted by Gasteiger charge is -2.34. The van der Waals surface area contributed by atoms with E-state index in [0.717, 1.165) is 0 Å². The topological polar surface area (TPSA) is 38.7 Å². The molecule has 0 aliphatic heterocycles. The van der Waals surface area contributed by atoms with Crippen molar-refractivity contribution in [2.45, 2.75) is 71.6 Å². The Morgan fingerprint density at radius 1 is 1.20 bits per heavy atom. The predicted octanol–water partition coefficient (Wildman–Crippen LogP) is 3.47. The summed E-state index contributed by atoms with van der Waals surface area (Å²) in [6.45, 7) is 17.2. The normalized spacial score (nSPS) is 35.6. The molecule has 3 nitrogen and oxygen atoms in total. The summed E-state index contributed by atoms with van der Waals surface area (Å²) in [5, 5.41) is 10.1. The smallest absolute Gasteiger partial charge is 0.240 e. The van der Waals surface area contributed by atoms with Crippen LogP contribution in [0.3, 0.4) is 0 Å². The fraction of sp³-hybridized carbons (Fsp3) is 0.875. The summed E-state index contributed by atoms with van der Waals surface area (Å²) in [5.74, 6) is -3.42. The Morgan fingerprint density at radius 2 is 1.70 bits per heavy atom. The molecule has 118 valence electrons. The van der Waals surface area contributed by atoms with E-state index in [-0.39, 0.29) is 11.5 Å². The van der Waals surface area contributed by atoms with Crippen LogP contribution in [0.4, 0.5) is 4.39 Å². The summed E-state index contributed by atoms with van der Waals surface area (Å²) < 4.78 is 26.2. The van der Waals surface area contributed by atoms with E-state index in [1.807, 2.05) is 41.5 Å². The van der Waals surface area contributed by atoms with Gasteiger partial charge in [0.15, 0.2) is 0 Å². The molecule has 0 aromatic rings. The standard InChI is InChI=1S/C16H29FO3/c1-10-11(2)16(17,18)13(20-15(6,7)8)12(10)9-19-14(3,4)5/h11-13,18H,1,9H2,2-8H3/t11-,12-,13+,16-/m0/s1. The van der Waals surface area contributed by atoms with Crippen LogP contribution in [-0.4, -0.2) is 34.9 Å². The number of hydrogen-bond acceptors (Lipinski definition) is 3. The molecule has 0 amide bonds. The second kappa shape index (κ2) is 5.39. The Balaban J connectivity index is 2.96. The van der Waals surface area contributed by atoms with Gasteiger partial charge in [-0.25, -0.2) is 4.39 Å². The molecule has 0 unspecified atom stereocenters. The molecule has 0 aromatic carbocycles. The minimum absolute atomic E-state index is 0.291. The maximum absolute atomic E-state index is 14.6. The molecule has 20 heavy (non-hydrogen) atoms. The van der Waals surface area contributed by atoms with E-state index in [1.54, 1.807) is 6.92 Å². The summed E-state index contributed by atoms with van der Waals surface area (Å²) >= 11 is 0. The predicted molar refractivity (Wildman–Crippen MR) is 78.2 cm³/mol. The van der Waals surface area contributed by atoms with Crippen LogP contribution < -0.4 is 0 Å². The number of rotatable bonds is 3. The van der Waals surface area contributed by atoms with Gasteiger partial charge in [-0.3, -0.25) is 0 Å². The zero-order chi connectivity index (χ0) is 15.9. The van der Waals surface area contributed by atoms with Crippen molar-refractivity contribution >= 4 is 0 Å². The van der Waals surface area contributed by atoms with Crippen LogP contribution >= 0.6 is 0 Å². The van der Waals surface area contributed by atoms with Crippen LogP contribution in [0.25, 0.3) is 0 Å². The molecule has 1 rings (SSSR count). The van der Waals surface area contributed by atoms with Crippen LogP contribution in [0.2, 0.25) is 0 Å². The molecule has 4 heteroatoms. The molecule has 1 saturated carbocycles. The van der Waals surface area contributed by atoms with Gasteiger partial charge in [-0.2, -0.15) is 0 Å². The van der Waals surface area contributed by atoms with Gasteiger partial charge >= 0.3 is 0 Å². The number of halogens is 1. The van der Waals surface area contributed by atoms with Gasteiger partial charge in [0.25, 0.3) is 0 Å². The SMILES string of the molecule is C=C1[C@H](COC(C)(C)C)[C@@H](OC(C)(C)C)[C@](O)(F)[C@H]1C.